The number of piperidine rings is 1. The number of phenols is 1. The predicted octanol–water partition coefficient (Wildman–Crippen LogP) is 1.71. The van der Waals surface area contributed by atoms with Gasteiger partial charge in [-0.1, -0.05) is 12.5 Å². The number of aliphatic hydroxyl groups is 2. The summed E-state index contributed by atoms with van der Waals surface area (Å²) >= 11 is 0. The van der Waals surface area contributed by atoms with Crippen LogP contribution in [0.3, 0.4) is 0 Å². The third-order valence-corrected chi connectivity index (χ3v) is 8.26. The zero-order valence-corrected chi connectivity index (χ0v) is 15.0. The fourth-order valence-corrected chi connectivity index (χ4v) is 6.83. The van der Waals surface area contributed by atoms with Crippen molar-refractivity contribution in [3.05, 3.63) is 23.3 Å². The van der Waals surface area contributed by atoms with Gasteiger partial charge in [0, 0.05) is 18.2 Å². The minimum Gasteiger partial charge on any atom is -0.504 e. The lowest BCUT2D eigenvalue weighted by atomic mass is 9.48. The number of nitrogens with zero attached hydrogens (tertiary/aromatic N) is 1. The molecule has 5 atom stereocenters. The zero-order chi connectivity index (χ0) is 17.7. The minimum atomic E-state index is -0.884. The summed E-state index contributed by atoms with van der Waals surface area (Å²) in [4.78, 5) is 2.53. The highest BCUT2D eigenvalue weighted by Gasteiger charge is 2.72. The molecule has 3 N–H and O–H groups in total. The molecule has 6 rings (SSSR count). The molecule has 5 aliphatic rings. The highest BCUT2D eigenvalue weighted by molar-refractivity contribution is 5.62. The molecular formula is C21H27NO4. The van der Waals surface area contributed by atoms with E-state index < -0.39 is 23.2 Å². The molecule has 5 nitrogen and oxygen atoms in total. The van der Waals surface area contributed by atoms with Crippen LogP contribution in [0.5, 0.6) is 11.5 Å². The highest BCUT2D eigenvalue weighted by atomic mass is 16.5. The third kappa shape index (κ3) is 1.64. The Morgan fingerprint density at radius 3 is 2.81 bits per heavy atom. The van der Waals surface area contributed by atoms with Crippen molar-refractivity contribution in [1.29, 1.82) is 0 Å². The molecule has 3 fully saturated rings. The second-order valence-corrected chi connectivity index (χ2v) is 9.25. The number of aromatic hydroxyl groups is 1. The van der Waals surface area contributed by atoms with E-state index in [-0.39, 0.29) is 11.8 Å². The molecule has 1 aromatic carbocycles. The van der Waals surface area contributed by atoms with Gasteiger partial charge in [0.25, 0.3) is 0 Å². The summed E-state index contributed by atoms with van der Waals surface area (Å²) in [5.41, 5.74) is 0.712. The summed E-state index contributed by atoms with van der Waals surface area (Å²) in [5, 5.41) is 33.2. The maximum atomic E-state index is 12.1. The van der Waals surface area contributed by atoms with Gasteiger partial charge in [0.2, 0.25) is 0 Å². The molecule has 0 aromatic heterocycles. The first-order chi connectivity index (χ1) is 12.5. The van der Waals surface area contributed by atoms with Gasteiger partial charge in [0.05, 0.1) is 17.1 Å². The second kappa shape index (κ2) is 4.94. The Hall–Kier alpha value is -1.30. The molecule has 1 saturated heterocycles. The van der Waals surface area contributed by atoms with E-state index >= 15 is 0 Å². The molecule has 2 bridgehead atoms. The molecule has 5 heteroatoms. The quantitative estimate of drug-likeness (QED) is 0.751. The first-order valence-electron chi connectivity index (χ1n) is 10.2. The van der Waals surface area contributed by atoms with Crippen LogP contribution in [-0.4, -0.2) is 57.2 Å². The Kier molecular flexibility index (Phi) is 2.99. The lowest BCUT2D eigenvalue weighted by Crippen LogP contribution is -2.77. The molecule has 2 saturated carbocycles. The summed E-state index contributed by atoms with van der Waals surface area (Å²) < 4.78 is 6.16. The van der Waals surface area contributed by atoms with E-state index in [9.17, 15) is 15.3 Å². The topological polar surface area (TPSA) is 73.2 Å². The summed E-state index contributed by atoms with van der Waals surface area (Å²) in [6.07, 6.45) is 5.68. The minimum absolute atomic E-state index is 0.0819. The molecule has 2 heterocycles. The first kappa shape index (κ1) is 15.7. The van der Waals surface area contributed by atoms with Gasteiger partial charge >= 0.3 is 0 Å². The van der Waals surface area contributed by atoms with E-state index in [0.29, 0.717) is 18.6 Å². The van der Waals surface area contributed by atoms with E-state index in [2.05, 4.69) is 4.90 Å². The van der Waals surface area contributed by atoms with Crippen LogP contribution in [-0.2, 0) is 11.8 Å². The summed E-state index contributed by atoms with van der Waals surface area (Å²) in [7, 11) is 0. The Bertz CT molecular complexity index is 778. The maximum Gasteiger partial charge on any atom is 0.165 e. The molecule has 26 heavy (non-hydrogen) atoms. The number of phenolic OH excluding ortho intramolecular Hbond substituents is 1. The van der Waals surface area contributed by atoms with Gasteiger partial charge < -0.3 is 20.1 Å². The van der Waals surface area contributed by atoms with Crippen LogP contribution in [0.25, 0.3) is 0 Å². The molecular weight excluding hydrogens is 330 g/mol. The smallest absolute Gasteiger partial charge is 0.165 e. The van der Waals surface area contributed by atoms with Crippen molar-refractivity contribution in [2.45, 2.75) is 74.2 Å². The number of benzene rings is 1. The number of likely N-dealkylation sites (tertiary alicyclic amines) is 1. The van der Waals surface area contributed by atoms with Crippen molar-refractivity contribution in [2.24, 2.45) is 5.92 Å². The Morgan fingerprint density at radius 1 is 1.19 bits per heavy atom. The van der Waals surface area contributed by atoms with Crippen molar-refractivity contribution < 1.29 is 20.1 Å². The van der Waals surface area contributed by atoms with Gasteiger partial charge in [-0.25, -0.2) is 0 Å². The molecule has 2 aliphatic heterocycles. The fourth-order valence-electron chi connectivity index (χ4n) is 6.83. The van der Waals surface area contributed by atoms with Crippen molar-refractivity contribution in [3.63, 3.8) is 0 Å². The normalized spacial score (nSPS) is 43.5. The molecule has 140 valence electrons. The molecule has 3 unspecified atom stereocenters. The molecule has 0 radical (unpaired) electrons. The summed E-state index contributed by atoms with van der Waals surface area (Å²) in [5.74, 6) is 1.42. The van der Waals surface area contributed by atoms with Crippen LogP contribution < -0.4 is 4.74 Å². The second-order valence-electron chi connectivity index (χ2n) is 9.25. The van der Waals surface area contributed by atoms with E-state index in [1.165, 1.54) is 24.8 Å². The SMILES string of the molecule is Oc1ccc2c3c1OC1C(O)CCC4(O)[C@@H](C2)N(CC2CCC2)CC[C@]314. The maximum absolute atomic E-state index is 12.1. The first-order valence-corrected chi connectivity index (χ1v) is 10.2. The van der Waals surface area contributed by atoms with E-state index in [1.54, 1.807) is 6.07 Å². The van der Waals surface area contributed by atoms with Crippen molar-refractivity contribution in [1.82, 2.24) is 4.90 Å². The Morgan fingerprint density at radius 2 is 2.04 bits per heavy atom. The van der Waals surface area contributed by atoms with E-state index in [0.717, 1.165) is 37.4 Å². The summed E-state index contributed by atoms with van der Waals surface area (Å²) in [6, 6.07) is 3.80. The van der Waals surface area contributed by atoms with Crippen molar-refractivity contribution in [2.75, 3.05) is 13.1 Å². The van der Waals surface area contributed by atoms with Gasteiger partial charge in [-0.05, 0) is 62.6 Å². The van der Waals surface area contributed by atoms with Gasteiger partial charge in [0.15, 0.2) is 11.5 Å². The van der Waals surface area contributed by atoms with Gasteiger partial charge in [-0.15, -0.1) is 0 Å². The summed E-state index contributed by atoms with van der Waals surface area (Å²) in [6.45, 7) is 2.02. The zero-order valence-electron chi connectivity index (χ0n) is 15.0. The van der Waals surface area contributed by atoms with Crippen LogP contribution >= 0.6 is 0 Å². The number of ether oxygens (including phenoxy) is 1. The number of hydrogen-bond donors (Lipinski definition) is 3. The predicted molar refractivity (Wildman–Crippen MR) is 95.4 cm³/mol. The number of aliphatic hydroxyl groups excluding tert-OH is 1. The standard InChI is InChI=1S/C21H27NO4/c23-14-5-4-13-10-16-21(25)7-6-15(24)19-20(21,17(13)18(14)26-19)8-9-22(16)11-12-2-1-3-12/h4-5,12,15-16,19,23-25H,1-3,6-11H2/t15?,16-,19?,20+,21?/m1/s1. The average Bonchev–Trinajstić information content (AvgIpc) is 2.93. The fraction of sp³-hybridized carbons (Fsp3) is 0.714. The molecule has 3 aliphatic carbocycles. The van der Waals surface area contributed by atoms with E-state index in [1.807, 2.05) is 6.07 Å². The number of rotatable bonds is 2. The molecule has 1 spiro atoms. The highest BCUT2D eigenvalue weighted by Crippen LogP contribution is 2.65. The Labute approximate surface area is 153 Å². The Balaban J connectivity index is 1.52. The van der Waals surface area contributed by atoms with Crippen LogP contribution in [0.4, 0.5) is 0 Å². The van der Waals surface area contributed by atoms with Crippen LogP contribution in [0.1, 0.15) is 49.7 Å². The van der Waals surface area contributed by atoms with Crippen molar-refractivity contribution in [3.8, 4) is 11.5 Å². The average molecular weight is 357 g/mol. The van der Waals surface area contributed by atoms with Crippen LogP contribution in [0, 0.1) is 5.92 Å². The number of hydrogen-bond acceptors (Lipinski definition) is 5. The third-order valence-electron chi connectivity index (χ3n) is 8.26. The lowest BCUT2D eigenvalue weighted by molar-refractivity contribution is -0.209. The van der Waals surface area contributed by atoms with E-state index in [4.69, 9.17) is 4.74 Å². The monoisotopic (exact) mass is 357 g/mol. The molecule has 0 amide bonds. The molecule has 1 aromatic rings. The van der Waals surface area contributed by atoms with Crippen LogP contribution in [0.2, 0.25) is 0 Å². The van der Waals surface area contributed by atoms with Crippen LogP contribution in [0.15, 0.2) is 12.1 Å². The van der Waals surface area contributed by atoms with Gasteiger partial charge in [-0.3, -0.25) is 4.90 Å². The largest absolute Gasteiger partial charge is 0.504 e. The van der Waals surface area contributed by atoms with Gasteiger partial charge in [0.1, 0.15) is 6.10 Å². The van der Waals surface area contributed by atoms with Crippen molar-refractivity contribution >= 4 is 0 Å². The lowest BCUT2D eigenvalue weighted by Gasteiger charge is -2.64. The van der Waals surface area contributed by atoms with Gasteiger partial charge in [-0.2, -0.15) is 0 Å².